The topological polar surface area (TPSA) is 80.0 Å². The maximum Gasteiger partial charge on any atom is 0.406 e. The lowest BCUT2D eigenvalue weighted by Gasteiger charge is -2.33. The summed E-state index contributed by atoms with van der Waals surface area (Å²) in [6.45, 7) is 5.96. The second-order valence-corrected chi connectivity index (χ2v) is 11.9. The van der Waals surface area contributed by atoms with Crippen molar-refractivity contribution in [3.05, 3.63) is 66.1 Å². The maximum atomic E-state index is 14.8. The molecule has 0 unspecified atom stereocenters. The molecule has 1 aliphatic heterocycles. The number of anilines is 1. The molecule has 224 valence electrons. The molecule has 12 heteroatoms. The Labute approximate surface area is 241 Å². The normalized spacial score (nSPS) is 18.4. The summed E-state index contributed by atoms with van der Waals surface area (Å²) in [5.41, 5.74) is 2.46. The zero-order valence-corrected chi connectivity index (χ0v) is 24.0. The van der Waals surface area contributed by atoms with Crippen LogP contribution in [0.2, 0.25) is 0 Å². The third kappa shape index (κ3) is 6.59. The molecule has 2 N–H and O–H groups in total. The molecular formula is C30H35F4N7O. The lowest BCUT2D eigenvalue weighted by atomic mass is 10.0. The zero-order valence-electron chi connectivity index (χ0n) is 24.0. The van der Waals surface area contributed by atoms with Crippen molar-refractivity contribution >= 4 is 22.5 Å². The van der Waals surface area contributed by atoms with E-state index in [4.69, 9.17) is 0 Å². The average Bonchev–Trinajstić information content (AvgIpc) is 3.55. The number of fused-ring (bicyclic) bond motifs is 1. The predicted octanol–water partition coefficient (Wildman–Crippen LogP) is 5.60. The Morgan fingerprint density at radius 2 is 1.90 bits per heavy atom. The second-order valence-electron chi connectivity index (χ2n) is 11.9. The largest absolute Gasteiger partial charge is 0.406 e. The van der Waals surface area contributed by atoms with Gasteiger partial charge in [0.25, 0.3) is 5.91 Å². The molecule has 1 aromatic carbocycles. The highest BCUT2D eigenvalue weighted by molar-refractivity contribution is 5.96. The fourth-order valence-electron chi connectivity index (χ4n) is 5.16. The average molecular weight is 586 g/mol. The van der Waals surface area contributed by atoms with Gasteiger partial charge in [-0.3, -0.25) is 14.5 Å². The molecule has 0 spiro atoms. The van der Waals surface area contributed by atoms with Gasteiger partial charge in [-0.15, -0.1) is 0 Å². The van der Waals surface area contributed by atoms with Crippen LogP contribution < -0.4 is 10.6 Å². The molecule has 0 radical (unpaired) electrons. The monoisotopic (exact) mass is 585 g/mol. The summed E-state index contributed by atoms with van der Waals surface area (Å²) in [7, 11) is 1.86. The van der Waals surface area contributed by atoms with E-state index in [1.807, 2.05) is 32.7 Å². The van der Waals surface area contributed by atoms with Gasteiger partial charge in [-0.25, -0.2) is 4.39 Å². The van der Waals surface area contributed by atoms with Crippen LogP contribution in [0.4, 0.5) is 23.2 Å². The molecule has 1 fully saturated rings. The molecule has 0 bridgehead atoms. The number of hydrogen-bond donors (Lipinski definition) is 2. The number of likely N-dealkylation sites (tertiary alicyclic amines) is 1. The molecule has 8 nitrogen and oxygen atoms in total. The van der Waals surface area contributed by atoms with Crippen LogP contribution in [0.25, 0.3) is 22.3 Å². The van der Waals surface area contributed by atoms with Gasteiger partial charge in [0.05, 0.1) is 40.2 Å². The molecule has 1 aliphatic rings. The van der Waals surface area contributed by atoms with Crippen LogP contribution in [0.5, 0.6) is 0 Å². The summed E-state index contributed by atoms with van der Waals surface area (Å²) in [5, 5.41) is 10.9. The van der Waals surface area contributed by atoms with E-state index in [1.54, 1.807) is 47.3 Å². The van der Waals surface area contributed by atoms with Crippen LogP contribution in [0.3, 0.4) is 0 Å². The van der Waals surface area contributed by atoms with E-state index in [0.29, 0.717) is 52.1 Å². The number of halogens is 4. The quantitative estimate of drug-likeness (QED) is 0.276. The Kier molecular flexibility index (Phi) is 8.02. The lowest BCUT2D eigenvalue weighted by Crippen LogP contribution is -2.46. The molecule has 3 aromatic heterocycles. The van der Waals surface area contributed by atoms with Crippen molar-refractivity contribution in [2.24, 2.45) is 0 Å². The standard InChI is InChI=1S/C30H35F4N7O/c1-29(2,3)41-16-20(15-37-41)28(42)36-14-19-8-9-25(35-13-19)27-12-21-23(38-24-10-11-39(4)17-22(24)31)6-5-7-26(21)40(27)18-30(32,33)34/h5-9,12-13,15-16,22,24,38H,10-11,14,17-18H2,1-4H3,(H,36,42)/t22-,24+/m0/s1. The molecule has 2 atom stereocenters. The lowest BCUT2D eigenvalue weighted by molar-refractivity contribution is -0.139. The number of amides is 1. The third-order valence-corrected chi connectivity index (χ3v) is 7.44. The van der Waals surface area contributed by atoms with Crippen molar-refractivity contribution in [3.63, 3.8) is 0 Å². The second kappa shape index (κ2) is 11.4. The molecule has 1 amide bonds. The van der Waals surface area contributed by atoms with Crippen molar-refractivity contribution in [2.75, 3.05) is 25.5 Å². The zero-order chi connectivity index (χ0) is 30.2. The van der Waals surface area contributed by atoms with Crippen molar-refractivity contribution in [2.45, 2.75) is 64.2 Å². The Bertz CT molecular complexity index is 1550. The number of nitrogens with one attached hydrogen (secondary N) is 2. The highest BCUT2D eigenvalue weighted by atomic mass is 19.4. The van der Waals surface area contributed by atoms with Gasteiger partial charge >= 0.3 is 6.18 Å². The SMILES string of the molecule is CN1CC[C@@H](Nc2cccc3c2cc(-c2ccc(CNC(=O)c4cnn(C(C)(C)C)c4)cn2)n3CC(F)(F)F)[C@@H](F)C1. The molecule has 1 saturated heterocycles. The maximum absolute atomic E-state index is 14.8. The van der Waals surface area contributed by atoms with E-state index < -0.39 is 24.9 Å². The van der Waals surface area contributed by atoms with E-state index >= 15 is 0 Å². The summed E-state index contributed by atoms with van der Waals surface area (Å²) in [6.07, 6.45) is -0.254. The highest BCUT2D eigenvalue weighted by Crippen LogP contribution is 2.35. The van der Waals surface area contributed by atoms with E-state index in [-0.39, 0.29) is 18.0 Å². The van der Waals surface area contributed by atoms with E-state index in [9.17, 15) is 22.4 Å². The number of hydrogen-bond acceptors (Lipinski definition) is 5. The minimum absolute atomic E-state index is 0.188. The predicted molar refractivity (Wildman–Crippen MR) is 154 cm³/mol. The molecule has 5 rings (SSSR count). The highest BCUT2D eigenvalue weighted by Gasteiger charge is 2.32. The summed E-state index contributed by atoms with van der Waals surface area (Å²) in [4.78, 5) is 19.0. The van der Waals surface area contributed by atoms with Crippen molar-refractivity contribution in [3.8, 4) is 11.4 Å². The first-order chi connectivity index (χ1) is 19.8. The van der Waals surface area contributed by atoms with Gasteiger partial charge in [-0.2, -0.15) is 18.3 Å². The van der Waals surface area contributed by atoms with Gasteiger partial charge < -0.3 is 20.1 Å². The first kappa shape index (κ1) is 29.6. The van der Waals surface area contributed by atoms with Gasteiger partial charge in [0.2, 0.25) is 0 Å². The molecule has 0 aliphatic carbocycles. The molecule has 4 heterocycles. The molecule has 4 aromatic rings. The number of rotatable bonds is 7. The number of nitrogens with zero attached hydrogens (tertiary/aromatic N) is 5. The summed E-state index contributed by atoms with van der Waals surface area (Å²) < 4.78 is 58.7. The summed E-state index contributed by atoms with van der Waals surface area (Å²) in [5.74, 6) is -0.292. The number of aromatic nitrogens is 4. The Morgan fingerprint density at radius 3 is 2.55 bits per heavy atom. The number of piperidine rings is 1. The molecule has 0 saturated carbocycles. The van der Waals surface area contributed by atoms with Crippen LogP contribution in [0.15, 0.2) is 55.0 Å². The summed E-state index contributed by atoms with van der Waals surface area (Å²) in [6, 6.07) is 9.67. The van der Waals surface area contributed by atoms with Crippen molar-refractivity contribution < 1.29 is 22.4 Å². The number of pyridine rings is 1. The van der Waals surface area contributed by atoms with E-state index in [0.717, 1.165) is 6.54 Å². The Morgan fingerprint density at radius 1 is 1.12 bits per heavy atom. The van der Waals surface area contributed by atoms with Crippen LogP contribution in [-0.4, -0.2) is 68.7 Å². The van der Waals surface area contributed by atoms with E-state index in [2.05, 4.69) is 20.7 Å². The van der Waals surface area contributed by atoms with Gasteiger partial charge in [0.1, 0.15) is 12.7 Å². The fourth-order valence-corrected chi connectivity index (χ4v) is 5.16. The minimum Gasteiger partial charge on any atom is -0.379 e. The van der Waals surface area contributed by atoms with Crippen LogP contribution in [0.1, 0.15) is 43.1 Å². The number of alkyl halides is 4. The Hall–Kier alpha value is -3.93. The number of carbonyl (C=O) groups is 1. The first-order valence-electron chi connectivity index (χ1n) is 13.9. The molecular weight excluding hydrogens is 550 g/mol. The van der Waals surface area contributed by atoms with Gasteiger partial charge in [0.15, 0.2) is 0 Å². The van der Waals surface area contributed by atoms with Crippen molar-refractivity contribution in [1.29, 1.82) is 0 Å². The van der Waals surface area contributed by atoms with Gasteiger partial charge in [-0.05, 0) is 64.1 Å². The van der Waals surface area contributed by atoms with Crippen LogP contribution in [0, 0.1) is 0 Å². The fraction of sp³-hybridized carbons (Fsp3) is 0.433. The Balaban J connectivity index is 1.38. The van der Waals surface area contributed by atoms with Crippen LogP contribution >= 0.6 is 0 Å². The van der Waals surface area contributed by atoms with Gasteiger partial charge in [0, 0.05) is 43.1 Å². The smallest absolute Gasteiger partial charge is 0.379 e. The van der Waals surface area contributed by atoms with Crippen LogP contribution in [-0.2, 0) is 18.6 Å². The third-order valence-electron chi connectivity index (χ3n) is 7.44. The minimum atomic E-state index is -4.47. The van der Waals surface area contributed by atoms with E-state index in [1.165, 1.54) is 17.0 Å². The summed E-state index contributed by atoms with van der Waals surface area (Å²) >= 11 is 0. The molecule has 42 heavy (non-hydrogen) atoms. The van der Waals surface area contributed by atoms with Crippen molar-refractivity contribution in [1.82, 2.24) is 29.5 Å². The number of carbonyl (C=O) groups excluding carboxylic acids is 1. The van der Waals surface area contributed by atoms with Gasteiger partial charge in [-0.1, -0.05) is 12.1 Å². The first-order valence-corrected chi connectivity index (χ1v) is 13.9. The number of benzene rings is 1.